The third-order valence-electron chi connectivity index (χ3n) is 1.93. The Kier molecular flexibility index (Phi) is 3.80. The second-order valence-corrected chi connectivity index (χ2v) is 3.19. The van der Waals surface area contributed by atoms with E-state index in [1.165, 1.54) is 18.2 Å². The van der Waals surface area contributed by atoms with E-state index in [4.69, 9.17) is 16.3 Å². The van der Waals surface area contributed by atoms with Gasteiger partial charge in [-0.3, -0.25) is 9.59 Å². The lowest BCUT2D eigenvalue weighted by Gasteiger charge is -2.03. The van der Waals surface area contributed by atoms with Crippen LogP contribution in [0.2, 0.25) is 0 Å². The van der Waals surface area contributed by atoms with Crippen LogP contribution in [0.15, 0.2) is 18.2 Å². The molecule has 0 aromatic heterocycles. The van der Waals surface area contributed by atoms with E-state index < -0.39 is 11.8 Å². The molecular formula is C11H8N4O2. The first kappa shape index (κ1) is 12.2. The quantitative estimate of drug-likeness (QED) is 0.665. The predicted octanol–water partition coefficient (Wildman–Crippen LogP) is -0.469. The lowest BCUT2D eigenvalue weighted by atomic mass is 10.1. The van der Waals surface area contributed by atoms with E-state index in [0.29, 0.717) is 16.7 Å². The third-order valence-corrected chi connectivity index (χ3v) is 1.93. The predicted molar refractivity (Wildman–Crippen MR) is 56.9 cm³/mol. The topological polar surface area (TPSA) is 120 Å². The molecule has 0 aliphatic rings. The fraction of sp³-hybridized carbons (Fsp3) is 0.0909. The van der Waals surface area contributed by atoms with Gasteiger partial charge in [0.15, 0.2) is 0 Å². The molecule has 0 heterocycles. The molecule has 0 saturated heterocycles. The van der Waals surface area contributed by atoms with Gasteiger partial charge in [0.1, 0.15) is 0 Å². The fourth-order valence-electron chi connectivity index (χ4n) is 1.19. The number of carbonyl (C=O) groups excluding carboxylic acids is 2. The number of nitrogens with two attached hydrogens (primary N) is 1. The molecule has 0 atom stereocenters. The first-order chi connectivity index (χ1) is 8.06. The lowest BCUT2D eigenvalue weighted by Crippen LogP contribution is -2.35. The highest BCUT2D eigenvalue weighted by molar-refractivity contribution is 6.34. The Hall–Kier alpha value is -2.86. The molecule has 17 heavy (non-hydrogen) atoms. The number of nitrogens with one attached hydrogen (secondary N) is 1. The molecule has 6 heteroatoms. The van der Waals surface area contributed by atoms with Crippen molar-refractivity contribution in [3.63, 3.8) is 0 Å². The summed E-state index contributed by atoms with van der Waals surface area (Å²) in [7, 11) is 0. The Labute approximate surface area is 97.3 Å². The van der Waals surface area contributed by atoms with E-state index in [1.54, 1.807) is 0 Å². The van der Waals surface area contributed by atoms with Crippen molar-refractivity contribution in [2.75, 3.05) is 0 Å². The molecule has 3 N–H and O–H groups in total. The smallest absolute Gasteiger partial charge is 0.309 e. The number of hydrogen-bond acceptors (Lipinski definition) is 4. The van der Waals surface area contributed by atoms with Gasteiger partial charge in [-0.05, 0) is 23.8 Å². The minimum Gasteiger partial charge on any atom is -0.361 e. The van der Waals surface area contributed by atoms with Crippen LogP contribution in [0, 0.1) is 22.7 Å². The Balaban J connectivity index is 2.86. The number of nitrogens with zero attached hydrogens (tertiary/aromatic N) is 2. The molecule has 84 valence electrons. The molecule has 0 radical (unpaired) electrons. The van der Waals surface area contributed by atoms with E-state index in [2.05, 4.69) is 5.32 Å². The van der Waals surface area contributed by atoms with Gasteiger partial charge in [0.2, 0.25) is 0 Å². The van der Waals surface area contributed by atoms with Gasteiger partial charge >= 0.3 is 11.8 Å². The van der Waals surface area contributed by atoms with Crippen LogP contribution in [0.1, 0.15) is 16.7 Å². The monoisotopic (exact) mass is 228 g/mol. The van der Waals surface area contributed by atoms with Crippen LogP contribution in [0.5, 0.6) is 0 Å². The average Bonchev–Trinajstić information content (AvgIpc) is 2.35. The molecule has 0 unspecified atom stereocenters. The Bertz CT molecular complexity index is 519. The van der Waals surface area contributed by atoms with Gasteiger partial charge in [0.05, 0.1) is 23.3 Å². The van der Waals surface area contributed by atoms with Gasteiger partial charge in [-0.1, -0.05) is 0 Å². The maximum absolute atomic E-state index is 10.9. The van der Waals surface area contributed by atoms with E-state index in [-0.39, 0.29) is 6.54 Å². The second kappa shape index (κ2) is 5.29. The van der Waals surface area contributed by atoms with Crippen molar-refractivity contribution < 1.29 is 9.59 Å². The van der Waals surface area contributed by atoms with Gasteiger partial charge in [0.25, 0.3) is 0 Å². The standard InChI is InChI=1S/C11H8N4O2/c12-4-7-1-8(5-13)3-9(2-7)6-15-11(17)10(14)16/h1-3H,6H2,(H2,14,16)(H,15,17). The fourth-order valence-corrected chi connectivity index (χ4v) is 1.19. The molecule has 0 saturated carbocycles. The molecule has 0 bridgehead atoms. The highest BCUT2D eigenvalue weighted by Crippen LogP contribution is 2.08. The summed E-state index contributed by atoms with van der Waals surface area (Å²) in [6.45, 7) is 0.0337. The van der Waals surface area contributed by atoms with E-state index in [1.807, 2.05) is 12.1 Å². The Morgan fingerprint density at radius 3 is 2.12 bits per heavy atom. The van der Waals surface area contributed by atoms with Gasteiger partial charge in [-0.25, -0.2) is 0 Å². The molecule has 1 aromatic rings. The summed E-state index contributed by atoms with van der Waals surface area (Å²) < 4.78 is 0. The SMILES string of the molecule is N#Cc1cc(C#N)cc(CNC(=O)C(N)=O)c1. The number of carbonyl (C=O) groups is 2. The number of primary amides is 1. The van der Waals surface area contributed by atoms with Gasteiger partial charge < -0.3 is 11.1 Å². The number of amides is 2. The molecule has 0 fully saturated rings. The van der Waals surface area contributed by atoms with E-state index >= 15 is 0 Å². The second-order valence-electron chi connectivity index (χ2n) is 3.19. The van der Waals surface area contributed by atoms with Crippen molar-refractivity contribution in [3.05, 3.63) is 34.9 Å². The van der Waals surface area contributed by atoms with Crippen LogP contribution >= 0.6 is 0 Å². The van der Waals surface area contributed by atoms with Gasteiger partial charge in [0, 0.05) is 6.54 Å². The number of benzene rings is 1. The van der Waals surface area contributed by atoms with Gasteiger partial charge in [-0.2, -0.15) is 10.5 Å². The van der Waals surface area contributed by atoms with Crippen molar-refractivity contribution in [1.82, 2.24) is 5.32 Å². The first-order valence-corrected chi connectivity index (χ1v) is 4.58. The zero-order valence-electron chi connectivity index (χ0n) is 8.73. The summed E-state index contributed by atoms with van der Waals surface area (Å²) in [6, 6.07) is 8.26. The normalized spacial score (nSPS) is 8.82. The summed E-state index contributed by atoms with van der Waals surface area (Å²) in [4.78, 5) is 21.4. The molecule has 6 nitrogen and oxygen atoms in total. The van der Waals surface area contributed by atoms with Gasteiger partial charge in [-0.15, -0.1) is 0 Å². The van der Waals surface area contributed by atoms with Crippen molar-refractivity contribution >= 4 is 11.8 Å². The van der Waals surface area contributed by atoms with E-state index in [9.17, 15) is 9.59 Å². The molecule has 1 aromatic carbocycles. The van der Waals surface area contributed by atoms with Crippen LogP contribution in [-0.4, -0.2) is 11.8 Å². The van der Waals surface area contributed by atoms with E-state index in [0.717, 1.165) is 0 Å². The molecule has 2 amide bonds. The van der Waals surface area contributed by atoms with Crippen molar-refractivity contribution in [3.8, 4) is 12.1 Å². The molecular weight excluding hydrogens is 220 g/mol. The van der Waals surface area contributed by atoms with Crippen LogP contribution in [0.25, 0.3) is 0 Å². The molecule has 0 aliphatic carbocycles. The minimum atomic E-state index is -1.08. The summed E-state index contributed by atoms with van der Waals surface area (Å²) in [6.07, 6.45) is 0. The molecule has 0 aliphatic heterocycles. The highest BCUT2D eigenvalue weighted by atomic mass is 16.2. The number of rotatable bonds is 2. The van der Waals surface area contributed by atoms with Crippen molar-refractivity contribution in [2.24, 2.45) is 5.73 Å². The van der Waals surface area contributed by atoms with Crippen molar-refractivity contribution in [1.29, 1.82) is 10.5 Å². The highest BCUT2D eigenvalue weighted by Gasteiger charge is 2.08. The van der Waals surface area contributed by atoms with Crippen molar-refractivity contribution in [2.45, 2.75) is 6.54 Å². The zero-order valence-corrected chi connectivity index (χ0v) is 8.73. The summed E-state index contributed by atoms with van der Waals surface area (Å²) in [5.41, 5.74) is 5.93. The summed E-state index contributed by atoms with van der Waals surface area (Å²) in [5, 5.41) is 19.7. The zero-order chi connectivity index (χ0) is 12.8. The molecule has 1 rings (SSSR count). The summed E-state index contributed by atoms with van der Waals surface area (Å²) >= 11 is 0. The summed E-state index contributed by atoms with van der Waals surface area (Å²) in [5.74, 6) is -1.99. The Morgan fingerprint density at radius 2 is 1.71 bits per heavy atom. The third kappa shape index (κ3) is 3.33. The largest absolute Gasteiger partial charge is 0.361 e. The first-order valence-electron chi connectivity index (χ1n) is 4.58. The van der Waals surface area contributed by atoms with Crippen LogP contribution in [0.3, 0.4) is 0 Å². The number of hydrogen-bond donors (Lipinski definition) is 2. The number of nitriles is 2. The maximum Gasteiger partial charge on any atom is 0.309 e. The van der Waals surface area contributed by atoms with Crippen LogP contribution in [-0.2, 0) is 16.1 Å². The Morgan fingerprint density at radius 1 is 1.18 bits per heavy atom. The minimum absolute atomic E-state index is 0.0337. The maximum atomic E-state index is 10.9. The average molecular weight is 228 g/mol. The molecule has 0 spiro atoms. The van der Waals surface area contributed by atoms with Crippen LogP contribution < -0.4 is 11.1 Å². The van der Waals surface area contributed by atoms with Crippen LogP contribution in [0.4, 0.5) is 0 Å². The lowest BCUT2D eigenvalue weighted by molar-refractivity contribution is -0.137.